The van der Waals surface area contributed by atoms with Crippen LogP contribution in [0.15, 0.2) is 41.9 Å². The van der Waals surface area contributed by atoms with E-state index in [-0.39, 0.29) is 23.5 Å². The highest BCUT2D eigenvalue weighted by Crippen LogP contribution is 2.47. The van der Waals surface area contributed by atoms with Gasteiger partial charge in [-0.25, -0.2) is 14.8 Å². The number of hydrogen-bond donors (Lipinski definition) is 2. The van der Waals surface area contributed by atoms with E-state index in [1.807, 2.05) is 49.6 Å². The molecule has 3 heterocycles. The zero-order valence-corrected chi connectivity index (χ0v) is 25.5. The van der Waals surface area contributed by atoms with Gasteiger partial charge in [0, 0.05) is 46.3 Å². The average molecular weight is 604 g/mol. The number of benzene rings is 1. The van der Waals surface area contributed by atoms with Crippen molar-refractivity contribution in [2.45, 2.75) is 70.4 Å². The maximum absolute atomic E-state index is 13.8. The first-order valence-electron chi connectivity index (χ1n) is 15.0. The third-order valence-corrected chi connectivity index (χ3v) is 10.2. The first-order valence-corrected chi connectivity index (χ1v) is 15.9. The molecular formula is C33H37N3O6S. The highest BCUT2D eigenvalue weighted by molar-refractivity contribution is 7.13. The number of aliphatic carboxylic acids is 1. The fourth-order valence-corrected chi connectivity index (χ4v) is 7.38. The Morgan fingerprint density at radius 3 is 2.72 bits per heavy atom. The van der Waals surface area contributed by atoms with Crippen LogP contribution in [0.1, 0.15) is 57.4 Å². The van der Waals surface area contributed by atoms with Gasteiger partial charge in [0.25, 0.3) is 0 Å². The number of nitrogens with one attached hydrogen (secondary N) is 1. The largest absolute Gasteiger partial charge is 0.496 e. The van der Waals surface area contributed by atoms with Gasteiger partial charge in [-0.1, -0.05) is 25.5 Å². The van der Waals surface area contributed by atoms with E-state index in [1.165, 1.54) is 11.3 Å². The Hall–Kier alpha value is -3.79. The predicted molar refractivity (Wildman–Crippen MR) is 163 cm³/mol. The molecule has 3 aromatic rings. The van der Waals surface area contributed by atoms with Crippen molar-refractivity contribution in [2.24, 2.45) is 23.7 Å². The summed E-state index contributed by atoms with van der Waals surface area (Å²) < 4.78 is 12.2. The molecule has 2 saturated carbocycles. The maximum Gasteiger partial charge on any atom is 0.330 e. The molecule has 226 valence electrons. The van der Waals surface area contributed by atoms with Crippen LogP contribution >= 0.6 is 11.3 Å². The molecule has 0 saturated heterocycles. The van der Waals surface area contributed by atoms with E-state index in [0.29, 0.717) is 36.5 Å². The number of methoxy groups -OCH3 is 1. The zero-order valence-electron chi connectivity index (χ0n) is 24.7. The number of Topliss-reactive ketones (excluding diaryl/α,β-unsaturated/α-hetero) is 1. The van der Waals surface area contributed by atoms with Crippen LogP contribution in [0.5, 0.6) is 11.5 Å². The molecule has 6 rings (SSSR count). The molecular weight excluding hydrogens is 566 g/mol. The van der Waals surface area contributed by atoms with Crippen LogP contribution in [0.3, 0.4) is 0 Å². The monoisotopic (exact) mass is 603 g/mol. The number of rotatable bonds is 5. The molecule has 0 spiro atoms. The van der Waals surface area contributed by atoms with E-state index in [1.54, 1.807) is 13.3 Å². The number of aromatic nitrogens is 2. The molecule has 1 aliphatic heterocycles. The standard InChI is InChI=1S/C33H37N3O6S/c1-18-8-6-4-5-7-9-20-17-33(20,32(39)40)36-30(38)24-15-21(14-23(24)29(18)37)42-27-16-25(31-34-12-13-43-31)35-28-19(2)26(41-3)11-10-22(27)28/h7,9-13,16,18,20-21,23-24H,4-6,8,14-15,17H2,1-3H3,(H,36,38)(H,39,40)/b9-7-. The molecule has 0 radical (unpaired) electrons. The Morgan fingerprint density at radius 1 is 1.16 bits per heavy atom. The first-order chi connectivity index (χ1) is 20.7. The second-order valence-corrected chi connectivity index (χ2v) is 13.0. The van der Waals surface area contributed by atoms with E-state index >= 15 is 0 Å². The number of hydrogen-bond acceptors (Lipinski definition) is 8. The molecule has 6 atom stereocenters. The van der Waals surface area contributed by atoms with Crippen LogP contribution < -0.4 is 14.8 Å². The summed E-state index contributed by atoms with van der Waals surface area (Å²) in [5, 5.41) is 16.4. The van der Waals surface area contributed by atoms with Gasteiger partial charge in [0.2, 0.25) is 5.91 Å². The summed E-state index contributed by atoms with van der Waals surface area (Å²) in [5.74, 6) is -1.70. The summed E-state index contributed by atoms with van der Waals surface area (Å²) in [4.78, 5) is 49.2. The minimum Gasteiger partial charge on any atom is -0.496 e. The third-order valence-electron chi connectivity index (χ3n) is 9.39. The Kier molecular flexibility index (Phi) is 7.98. The van der Waals surface area contributed by atoms with E-state index < -0.39 is 29.4 Å². The highest BCUT2D eigenvalue weighted by Gasteiger charge is 2.61. The fourth-order valence-electron chi connectivity index (χ4n) is 6.79. The number of carboxylic acid groups (broad SMARTS) is 1. The summed E-state index contributed by atoms with van der Waals surface area (Å²) in [6.45, 7) is 3.89. The number of thiazole rings is 1. The van der Waals surface area contributed by atoms with Crippen molar-refractivity contribution < 1.29 is 29.0 Å². The minimum absolute atomic E-state index is 0.0548. The van der Waals surface area contributed by atoms with Crippen molar-refractivity contribution in [2.75, 3.05) is 7.11 Å². The van der Waals surface area contributed by atoms with Gasteiger partial charge in [0.05, 0.1) is 18.5 Å². The molecule has 2 aromatic heterocycles. The molecule has 10 heteroatoms. The quantitative estimate of drug-likeness (QED) is 0.353. The van der Waals surface area contributed by atoms with Gasteiger partial charge < -0.3 is 19.9 Å². The van der Waals surface area contributed by atoms with Crippen LogP contribution in [0.2, 0.25) is 0 Å². The molecule has 2 aliphatic carbocycles. The number of carboxylic acids is 1. The molecule has 6 unspecified atom stereocenters. The van der Waals surface area contributed by atoms with Crippen molar-refractivity contribution >= 4 is 39.9 Å². The number of aryl methyl sites for hydroxylation is 1. The lowest BCUT2D eigenvalue weighted by Crippen LogP contribution is -2.48. The number of allylic oxidation sites excluding steroid dienone is 1. The molecule has 2 fully saturated rings. The lowest BCUT2D eigenvalue weighted by Gasteiger charge is -2.23. The molecule has 2 N–H and O–H groups in total. The second-order valence-electron chi connectivity index (χ2n) is 12.1. The summed E-state index contributed by atoms with van der Waals surface area (Å²) in [5.41, 5.74) is 0.968. The zero-order chi connectivity index (χ0) is 30.3. The molecule has 3 aliphatic rings. The molecule has 1 aromatic carbocycles. The molecule has 9 nitrogen and oxygen atoms in total. The Morgan fingerprint density at radius 2 is 1.98 bits per heavy atom. The van der Waals surface area contributed by atoms with E-state index in [2.05, 4.69) is 10.3 Å². The van der Waals surface area contributed by atoms with Crippen molar-refractivity contribution in [3.8, 4) is 22.2 Å². The Bertz CT molecular complexity index is 1590. The number of ketones is 1. The SMILES string of the molecule is COc1ccc2c(OC3CC4C(=O)NC5(C(=O)O)CC5/C=C\CCCCC(C)C(=O)C4C3)cc(-c3nccs3)nc2c1C. The van der Waals surface area contributed by atoms with Crippen molar-refractivity contribution in [3.05, 3.63) is 47.5 Å². The Labute approximate surface area is 254 Å². The van der Waals surface area contributed by atoms with Crippen LogP contribution in [0, 0.1) is 30.6 Å². The van der Waals surface area contributed by atoms with E-state index in [9.17, 15) is 19.5 Å². The second kappa shape index (κ2) is 11.7. The van der Waals surface area contributed by atoms with Crippen molar-refractivity contribution in [1.82, 2.24) is 15.3 Å². The van der Waals surface area contributed by atoms with Gasteiger partial charge in [-0.15, -0.1) is 11.3 Å². The topological polar surface area (TPSA) is 128 Å². The number of carbonyl (C=O) groups is 3. The number of nitrogens with zero attached hydrogens (tertiary/aromatic N) is 2. The fraction of sp³-hybridized carbons (Fsp3) is 0.485. The lowest BCUT2D eigenvalue weighted by atomic mass is 9.83. The molecule has 1 amide bonds. The number of ether oxygens (including phenoxy) is 2. The lowest BCUT2D eigenvalue weighted by molar-refractivity contribution is -0.144. The van der Waals surface area contributed by atoms with E-state index in [0.717, 1.165) is 47.2 Å². The van der Waals surface area contributed by atoms with Gasteiger partial charge in [-0.3, -0.25) is 9.59 Å². The number of amides is 1. The predicted octanol–water partition coefficient (Wildman–Crippen LogP) is 5.74. The van der Waals surface area contributed by atoms with Crippen LogP contribution in [-0.4, -0.2) is 51.5 Å². The van der Waals surface area contributed by atoms with Gasteiger partial charge in [0.15, 0.2) is 0 Å². The summed E-state index contributed by atoms with van der Waals surface area (Å²) in [6, 6.07) is 5.67. The number of fused-ring (bicyclic) bond motifs is 3. The smallest absolute Gasteiger partial charge is 0.330 e. The van der Waals surface area contributed by atoms with Crippen LogP contribution in [-0.2, 0) is 14.4 Å². The van der Waals surface area contributed by atoms with Gasteiger partial charge in [-0.2, -0.15) is 0 Å². The van der Waals surface area contributed by atoms with Gasteiger partial charge in [0.1, 0.15) is 39.6 Å². The summed E-state index contributed by atoms with van der Waals surface area (Å²) in [7, 11) is 1.62. The maximum atomic E-state index is 13.8. The van der Waals surface area contributed by atoms with Crippen molar-refractivity contribution in [1.29, 1.82) is 0 Å². The summed E-state index contributed by atoms with van der Waals surface area (Å²) >= 11 is 1.48. The number of carbonyl (C=O) groups excluding carboxylic acids is 2. The highest BCUT2D eigenvalue weighted by atomic mass is 32.1. The van der Waals surface area contributed by atoms with Crippen LogP contribution in [0.4, 0.5) is 0 Å². The normalized spacial score (nSPS) is 30.1. The van der Waals surface area contributed by atoms with E-state index in [4.69, 9.17) is 14.5 Å². The summed E-state index contributed by atoms with van der Waals surface area (Å²) in [6.07, 6.45) is 9.75. The third kappa shape index (κ3) is 5.53. The molecule has 0 bridgehead atoms. The average Bonchev–Trinajstić information content (AvgIpc) is 3.31. The number of pyridine rings is 1. The first kappa shape index (κ1) is 29.3. The van der Waals surface area contributed by atoms with Crippen LogP contribution in [0.25, 0.3) is 21.6 Å². The van der Waals surface area contributed by atoms with Gasteiger partial charge in [-0.05, 0) is 57.6 Å². The Balaban J connectivity index is 1.34. The van der Waals surface area contributed by atoms with Gasteiger partial charge >= 0.3 is 5.97 Å². The molecule has 43 heavy (non-hydrogen) atoms. The van der Waals surface area contributed by atoms with Crippen molar-refractivity contribution in [3.63, 3.8) is 0 Å². The minimum atomic E-state index is -1.31.